The minimum atomic E-state index is -0.287. The molecule has 0 aromatic heterocycles. The Bertz CT molecular complexity index is 957. The van der Waals surface area contributed by atoms with Gasteiger partial charge in [0.2, 0.25) is 0 Å². The molecule has 0 aliphatic heterocycles. The Kier molecular flexibility index (Phi) is 3.72. The SMILES string of the molecule is CC(C)=C1Cc2cc3ccccc3cc2C1C1C(=O)C=CC(=O)C1C. The molecule has 2 aliphatic rings. The Labute approximate surface area is 148 Å². The molecule has 0 N–H and O–H groups in total. The van der Waals surface area contributed by atoms with Crippen molar-refractivity contribution in [2.24, 2.45) is 11.8 Å². The molecule has 3 atom stereocenters. The summed E-state index contributed by atoms with van der Waals surface area (Å²) in [6, 6.07) is 12.8. The molecule has 0 fully saturated rings. The fourth-order valence-electron chi connectivity index (χ4n) is 4.45. The zero-order valence-electron chi connectivity index (χ0n) is 14.9. The molecule has 126 valence electrons. The van der Waals surface area contributed by atoms with Crippen molar-refractivity contribution >= 4 is 22.3 Å². The number of ketones is 2. The van der Waals surface area contributed by atoms with Crippen LogP contribution >= 0.6 is 0 Å². The van der Waals surface area contributed by atoms with Crippen LogP contribution in [0.3, 0.4) is 0 Å². The molecule has 0 saturated carbocycles. The van der Waals surface area contributed by atoms with E-state index in [0.29, 0.717) is 0 Å². The second-order valence-electron chi connectivity index (χ2n) is 7.53. The van der Waals surface area contributed by atoms with E-state index < -0.39 is 0 Å². The van der Waals surface area contributed by atoms with Gasteiger partial charge in [0.1, 0.15) is 0 Å². The molecule has 0 bridgehead atoms. The minimum absolute atomic E-state index is 0.0148. The van der Waals surface area contributed by atoms with Gasteiger partial charge in [-0.15, -0.1) is 0 Å². The molecule has 0 radical (unpaired) electrons. The number of hydrogen-bond donors (Lipinski definition) is 0. The van der Waals surface area contributed by atoms with Crippen LogP contribution in [0.4, 0.5) is 0 Å². The van der Waals surface area contributed by atoms with Crippen LogP contribution in [0.5, 0.6) is 0 Å². The highest BCUT2D eigenvalue weighted by molar-refractivity contribution is 6.07. The van der Waals surface area contributed by atoms with Crippen LogP contribution in [0.2, 0.25) is 0 Å². The monoisotopic (exact) mass is 330 g/mol. The van der Waals surface area contributed by atoms with Gasteiger partial charge in [0.05, 0.1) is 0 Å². The molecule has 3 unspecified atom stereocenters. The molecule has 2 aromatic rings. The summed E-state index contributed by atoms with van der Waals surface area (Å²) in [5.41, 5.74) is 5.08. The van der Waals surface area contributed by atoms with Crippen molar-refractivity contribution in [2.45, 2.75) is 33.1 Å². The van der Waals surface area contributed by atoms with E-state index in [1.807, 2.05) is 13.0 Å². The van der Waals surface area contributed by atoms with Crippen LogP contribution in [-0.2, 0) is 16.0 Å². The normalized spacial score (nSPS) is 25.6. The predicted octanol–water partition coefficient (Wildman–Crippen LogP) is 4.78. The lowest BCUT2D eigenvalue weighted by Crippen LogP contribution is -2.34. The van der Waals surface area contributed by atoms with Crippen LogP contribution in [0.1, 0.15) is 37.8 Å². The Balaban J connectivity index is 1.93. The first-order valence-corrected chi connectivity index (χ1v) is 8.91. The van der Waals surface area contributed by atoms with Crippen molar-refractivity contribution in [2.75, 3.05) is 0 Å². The first-order chi connectivity index (χ1) is 12.0. The molecular weight excluding hydrogens is 308 g/mol. The van der Waals surface area contributed by atoms with E-state index >= 15 is 0 Å². The number of carbonyl (C=O) groups is 2. The summed E-state index contributed by atoms with van der Waals surface area (Å²) in [7, 11) is 0. The van der Waals surface area contributed by atoms with Crippen molar-refractivity contribution < 1.29 is 9.59 Å². The first-order valence-electron chi connectivity index (χ1n) is 8.91. The third kappa shape index (κ3) is 2.48. The topological polar surface area (TPSA) is 34.1 Å². The van der Waals surface area contributed by atoms with Crippen LogP contribution in [0.25, 0.3) is 10.8 Å². The van der Waals surface area contributed by atoms with Gasteiger partial charge in [0.25, 0.3) is 0 Å². The minimum Gasteiger partial charge on any atom is -0.295 e. The Hall–Kier alpha value is -2.48. The number of fused-ring (bicyclic) bond motifs is 2. The molecule has 2 nitrogen and oxygen atoms in total. The maximum absolute atomic E-state index is 12.7. The summed E-state index contributed by atoms with van der Waals surface area (Å²) < 4.78 is 0. The molecule has 2 aromatic carbocycles. The van der Waals surface area contributed by atoms with Crippen LogP contribution in [0, 0.1) is 11.8 Å². The molecule has 4 rings (SSSR count). The van der Waals surface area contributed by atoms with Crippen molar-refractivity contribution in [3.63, 3.8) is 0 Å². The molecule has 0 amide bonds. The summed E-state index contributed by atoms with van der Waals surface area (Å²) in [6.07, 6.45) is 3.80. The van der Waals surface area contributed by atoms with E-state index in [4.69, 9.17) is 0 Å². The average molecular weight is 330 g/mol. The predicted molar refractivity (Wildman–Crippen MR) is 101 cm³/mol. The second kappa shape index (κ2) is 5.80. The highest BCUT2D eigenvalue weighted by Crippen LogP contribution is 2.48. The zero-order valence-corrected chi connectivity index (χ0v) is 14.9. The summed E-state index contributed by atoms with van der Waals surface area (Å²) in [4.78, 5) is 25.0. The van der Waals surface area contributed by atoms with Gasteiger partial charge in [-0.2, -0.15) is 0 Å². The van der Waals surface area contributed by atoms with E-state index in [1.165, 1.54) is 45.2 Å². The summed E-state index contributed by atoms with van der Waals surface area (Å²) >= 11 is 0. The largest absolute Gasteiger partial charge is 0.295 e. The van der Waals surface area contributed by atoms with Gasteiger partial charge in [0, 0.05) is 17.8 Å². The summed E-state index contributed by atoms with van der Waals surface area (Å²) in [6.45, 7) is 6.13. The Morgan fingerprint density at radius 3 is 2.28 bits per heavy atom. The zero-order chi connectivity index (χ0) is 17.7. The fourth-order valence-corrected chi connectivity index (χ4v) is 4.45. The molecule has 2 aliphatic carbocycles. The van der Waals surface area contributed by atoms with Crippen LogP contribution in [0.15, 0.2) is 59.7 Å². The van der Waals surface area contributed by atoms with Gasteiger partial charge in [-0.3, -0.25) is 9.59 Å². The lowest BCUT2D eigenvalue weighted by molar-refractivity contribution is -0.128. The Morgan fingerprint density at radius 1 is 0.960 bits per heavy atom. The summed E-state index contributed by atoms with van der Waals surface area (Å²) in [5.74, 6) is -0.399. The summed E-state index contributed by atoms with van der Waals surface area (Å²) in [5, 5.41) is 2.42. The number of benzene rings is 2. The first kappa shape index (κ1) is 16.0. The van der Waals surface area contributed by atoms with Gasteiger partial charge in [-0.05, 0) is 54.3 Å². The van der Waals surface area contributed by atoms with Gasteiger partial charge in [-0.1, -0.05) is 54.5 Å². The number of rotatable bonds is 1. The van der Waals surface area contributed by atoms with E-state index in [2.05, 4.69) is 44.2 Å². The molecular formula is C23H22O2. The van der Waals surface area contributed by atoms with E-state index in [0.717, 1.165) is 6.42 Å². The Morgan fingerprint density at radius 2 is 1.60 bits per heavy atom. The van der Waals surface area contributed by atoms with E-state index in [1.54, 1.807) is 0 Å². The average Bonchev–Trinajstić information content (AvgIpc) is 2.95. The molecule has 25 heavy (non-hydrogen) atoms. The molecule has 0 spiro atoms. The maximum Gasteiger partial charge on any atom is 0.160 e. The molecule has 0 saturated heterocycles. The molecule has 0 heterocycles. The van der Waals surface area contributed by atoms with Crippen LogP contribution in [-0.4, -0.2) is 11.6 Å². The third-order valence-electron chi connectivity index (χ3n) is 5.83. The van der Waals surface area contributed by atoms with Gasteiger partial charge < -0.3 is 0 Å². The highest BCUT2D eigenvalue weighted by Gasteiger charge is 2.43. The van der Waals surface area contributed by atoms with Crippen molar-refractivity contribution in [3.8, 4) is 0 Å². The lowest BCUT2D eigenvalue weighted by atomic mass is 9.70. The van der Waals surface area contributed by atoms with Gasteiger partial charge >= 0.3 is 0 Å². The fraction of sp³-hybridized carbons (Fsp3) is 0.304. The second-order valence-corrected chi connectivity index (χ2v) is 7.53. The number of hydrogen-bond acceptors (Lipinski definition) is 2. The smallest absolute Gasteiger partial charge is 0.160 e. The molecule has 2 heteroatoms. The van der Waals surface area contributed by atoms with Crippen molar-refractivity contribution in [1.29, 1.82) is 0 Å². The van der Waals surface area contributed by atoms with E-state index in [9.17, 15) is 9.59 Å². The number of carbonyl (C=O) groups excluding carboxylic acids is 2. The third-order valence-corrected chi connectivity index (χ3v) is 5.83. The van der Waals surface area contributed by atoms with Crippen molar-refractivity contribution in [3.05, 3.63) is 70.8 Å². The lowest BCUT2D eigenvalue weighted by Gasteiger charge is -2.30. The van der Waals surface area contributed by atoms with Gasteiger partial charge in [-0.25, -0.2) is 0 Å². The quantitative estimate of drug-likeness (QED) is 0.705. The maximum atomic E-state index is 12.7. The van der Waals surface area contributed by atoms with E-state index in [-0.39, 0.29) is 29.3 Å². The van der Waals surface area contributed by atoms with Crippen LogP contribution < -0.4 is 0 Å². The highest BCUT2D eigenvalue weighted by atomic mass is 16.1. The van der Waals surface area contributed by atoms with Gasteiger partial charge in [0.15, 0.2) is 11.6 Å². The standard InChI is InChI=1S/C23H22O2/c1-13(2)18-12-17-10-15-6-4-5-7-16(15)11-19(17)23(18)22-14(3)20(24)8-9-21(22)25/h4-11,14,22-23H,12H2,1-3H3. The van der Waals surface area contributed by atoms with Crippen molar-refractivity contribution in [1.82, 2.24) is 0 Å². The number of allylic oxidation sites excluding steroid dienone is 4.